The second kappa shape index (κ2) is 21.5. The van der Waals surface area contributed by atoms with Crippen molar-refractivity contribution in [3.05, 3.63) is 71.4 Å². The maximum atomic E-state index is 12.1. The summed E-state index contributed by atoms with van der Waals surface area (Å²) in [6, 6.07) is 0. The van der Waals surface area contributed by atoms with Crippen LogP contribution in [0.5, 0.6) is 0 Å². The molecule has 0 heterocycles. The molecule has 13 heteroatoms. The zero-order valence-electron chi connectivity index (χ0n) is 26.4. The molecule has 9 atom stereocenters. The number of amides is 1. The number of primary amides is 1. The second-order valence-electron chi connectivity index (χ2n) is 11.2. The predicted molar refractivity (Wildman–Crippen MR) is 172 cm³/mol. The lowest BCUT2D eigenvalue weighted by Crippen LogP contribution is -2.43. The zero-order valence-corrected chi connectivity index (χ0v) is 27.1. The van der Waals surface area contributed by atoms with E-state index in [9.17, 15) is 39.9 Å². The van der Waals surface area contributed by atoms with Gasteiger partial charge in [-0.25, -0.2) is 9.59 Å². The summed E-state index contributed by atoms with van der Waals surface area (Å²) in [4.78, 5) is 34.3. The molecule has 0 saturated heterocycles. The van der Waals surface area contributed by atoms with Crippen LogP contribution in [0.1, 0.15) is 59.3 Å². The molecule has 0 bridgehead atoms. The number of allylic oxidation sites excluding steroid dienone is 9. The first-order valence-electron chi connectivity index (χ1n) is 15.2. The Balaban J connectivity index is 2.60. The summed E-state index contributed by atoms with van der Waals surface area (Å²) in [7, 11) is 0. The van der Waals surface area contributed by atoms with Crippen molar-refractivity contribution < 1.29 is 54.5 Å². The molecular weight excluding hydrogens is 622 g/mol. The number of aliphatic carboxylic acids is 1. The number of rotatable bonds is 18. The van der Waals surface area contributed by atoms with Crippen molar-refractivity contribution in [2.75, 3.05) is 0 Å². The second-order valence-corrected chi connectivity index (χ2v) is 11.7. The average Bonchev–Trinajstić information content (AvgIpc) is 2.99. The maximum Gasteiger partial charge on any atom is 0.405 e. The van der Waals surface area contributed by atoms with Gasteiger partial charge in [0.2, 0.25) is 0 Å². The summed E-state index contributed by atoms with van der Waals surface area (Å²) < 4.78 is 10.1. The van der Waals surface area contributed by atoms with Crippen LogP contribution in [0.2, 0.25) is 0 Å². The van der Waals surface area contributed by atoms with Gasteiger partial charge in [-0.2, -0.15) is 0 Å². The van der Waals surface area contributed by atoms with E-state index in [4.69, 9.17) is 31.9 Å². The minimum Gasteiger partial charge on any atom is -0.481 e. The number of aliphatic hydroxyl groups is 5. The maximum absolute atomic E-state index is 12.1. The van der Waals surface area contributed by atoms with Gasteiger partial charge in [-0.1, -0.05) is 73.6 Å². The van der Waals surface area contributed by atoms with E-state index in [1.165, 1.54) is 18.2 Å². The molecule has 0 radical (unpaired) electrons. The van der Waals surface area contributed by atoms with E-state index >= 15 is 0 Å². The Morgan fingerprint density at radius 1 is 0.978 bits per heavy atom. The van der Waals surface area contributed by atoms with Gasteiger partial charge >= 0.3 is 18.0 Å². The van der Waals surface area contributed by atoms with Crippen LogP contribution < -0.4 is 5.73 Å². The topological polar surface area (TPSA) is 217 Å². The minimum atomic E-state index is -1.62. The SMILES string of the molecule is CCC=CC(CC(O)CC(O)C(O)C(O)C(C)C(Cl)=CC=CC=C(C)C=CC=CC(=O)OC1CC(C(=O)O)CCC1O)OC(N)=O. The van der Waals surface area contributed by atoms with Crippen molar-refractivity contribution in [2.24, 2.45) is 17.6 Å². The normalized spacial score (nSPS) is 23.8. The minimum absolute atomic E-state index is 0.0623. The Hall–Kier alpha value is -3.26. The van der Waals surface area contributed by atoms with Gasteiger partial charge in [0.15, 0.2) is 0 Å². The number of carbonyl (C=O) groups excluding carboxylic acids is 2. The molecule has 8 N–H and O–H groups in total. The lowest BCUT2D eigenvalue weighted by molar-refractivity contribution is -0.159. The van der Waals surface area contributed by atoms with E-state index in [-0.39, 0.29) is 30.7 Å². The highest BCUT2D eigenvalue weighted by atomic mass is 35.5. The van der Waals surface area contributed by atoms with Crippen LogP contribution in [0.4, 0.5) is 4.79 Å². The average molecular weight is 670 g/mol. The van der Waals surface area contributed by atoms with Crippen molar-refractivity contribution in [1.82, 2.24) is 0 Å². The summed E-state index contributed by atoms with van der Waals surface area (Å²) >= 11 is 6.30. The molecule has 1 aliphatic carbocycles. The molecule has 0 aromatic carbocycles. The third-order valence-corrected chi connectivity index (χ3v) is 7.84. The quantitative estimate of drug-likeness (QED) is 0.0486. The van der Waals surface area contributed by atoms with Crippen LogP contribution in [0, 0.1) is 11.8 Å². The number of halogens is 1. The fraction of sp³-hybridized carbons (Fsp3) is 0.545. The van der Waals surface area contributed by atoms with Crippen LogP contribution in [0.15, 0.2) is 71.4 Å². The molecule has 9 unspecified atom stereocenters. The largest absolute Gasteiger partial charge is 0.481 e. The van der Waals surface area contributed by atoms with Gasteiger partial charge in [0, 0.05) is 36.3 Å². The molecule has 46 heavy (non-hydrogen) atoms. The van der Waals surface area contributed by atoms with E-state index in [1.807, 2.05) is 13.8 Å². The summed E-state index contributed by atoms with van der Waals surface area (Å²) in [6.07, 6.45) is 7.51. The Morgan fingerprint density at radius 2 is 1.63 bits per heavy atom. The molecule has 1 fully saturated rings. The molecule has 1 rings (SSSR count). The van der Waals surface area contributed by atoms with Gasteiger partial charge in [-0.05, 0) is 38.3 Å². The molecule has 0 aliphatic heterocycles. The number of carboxylic acids is 1. The van der Waals surface area contributed by atoms with Crippen molar-refractivity contribution in [1.29, 1.82) is 0 Å². The molecule has 0 aromatic heterocycles. The third-order valence-electron chi connectivity index (χ3n) is 7.37. The lowest BCUT2D eigenvalue weighted by Gasteiger charge is -2.30. The molecule has 1 aliphatic rings. The predicted octanol–water partition coefficient (Wildman–Crippen LogP) is 3.17. The number of carbonyl (C=O) groups is 3. The highest BCUT2D eigenvalue weighted by molar-refractivity contribution is 6.30. The number of esters is 1. The Kier molecular flexibility index (Phi) is 19.1. The highest BCUT2D eigenvalue weighted by Gasteiger charge is 2.35. The van der Waals surface area contributed by atoms with Gasteiger partial charge in [-0.3, -0.25) is 4.79 Å². The number of hydrogen-bond donors (Lipinski definition) is 7. The highest BCUT2D eigenvalue weighted by Crippen LogP contribution is 2.27. The number of carboxylic acid groups (broad SMARTS) is 1. The van der Waals surface area contributed by atoms with Gasteiger partial charge in [0.1, 0.15) is 18.3 Å². The molecule has 0 aromatic rings. The molecule has 1 saturated carbocycles. The van der Waals surface area contributed by atoms with Crippen LogP contribution in [0.3, 0.4) is 0 Å². The van der Waals surface area contributed by atoms with Crippen molar-refractivity contribution in [2.45, 2.75) is 102 Å². The summed E-state index contributed by atoms with van der Waals surface area (Å²) in [5.74, 6) is -3.07. The van der Waals surface area contributed by atoms with Gasteiger partial charge in [-0.15, -0.1) is 0 Å². The summed E-state index contributed by atoms with van der Waals surface area (Å²) in [5.41, 5.74) is 5.87. The van der Waals surface area contributed by atoms with Crippen LogP contribution in [0.25, 0.3) is 0 Å². The number of aliphatic hydroxyl groups excluding tert-OH is 5. The Morgan fingerprint density at radius 3 is 2.26 bits per heavy atom. The van der Waals surface area contributed by atoms with Crippen LogP contribution in [-0.4, -0.2) is 91.4 Å². The summed E-state index contributed by atoms with van der Waals surface area (Å²) in [6.45, 7) is 5.25. The molecule has 1 amide bonds. The van der Waals surface area contributed by atoms with E-state index in [0.29, 0.717) is 12.8 Å². The van der Waals surface area contributed by atoms with Gasteiger partial charge < -0.3 is 45.8 Å². The monoisotopic (exact) mass is 669 g/mol. The van der Waals surface area contributed by atoms with E-state index in [2.05, 4.69) is 0 Å². The lowest BCUT2D eigenvalue weighted by atomic mass is 9.85. The fourth-order valence-corrected chi connectivity index (χ4v) is 4.83. The number of hydrogen-bond acceptors (Lipinski definition) is 10. The van der Waals surface area contributed by atoms with Crippen molar-refractivity contribution >= 4 is 29.6 Å². The van der Waals surface area contributed by atoms with Gasteiger partial charge in [0.25, 0.3) is 0 Å². The molecular formula is C33H48ClNO11. The Bertz CT molecular complexity index is 1160. The first kappa shape index (κ1) is 40.8. The smallest absolute Gasteiger partial charge is 0.405 e. The van der Waals surface area contributed by atoms with Crippen LogP contribution in [-0.2, 0) is 19.1 Å². The Labute approximate surface area is 274 Å². The molecule has 12 nitrogen and oxygen atoms in total. The van der Waals surface area contributed by atoms with E-state index < -0.39 is 72.6 Å². The van der Waals surface area contributed by atoms with Gasteiger partial charge in [0.05, 0.1) is 30.3 Å². The van der Waals surface area contributed by atoms with Crippen molar-refractivity contribution in [3.8, 4) is 0 Å². The number of ether oxygens (including phenoxy) is 2. The number of nitrogens with two attached hydrogens (primary N) is 1. The molecule has 0 spiro atoms. The van der Waals surface area contributed by atoms with Crippen LogP contribution >= 0.6 is 11.6 Å². The van der Waals surface area contributed by atoms with E-state index in [0.717, 1.165) is 5.57 Å². The fourth-order valence-electron chi connectivity index (χ4n) is 4.63. The molecule has 258 valence electrons. The third kappa shape index (κ3) is 15.8. The van der Waals surface area contributed by atoms with E-state index in [1.54, 1.807) is 49.5 Å². The summed E-state index contributed by atoms with van der Waals surface area (Å²) in [5, 5.41) is 61.1. The first-order valence-corrected chi connectivity index (χ1v) is 15.6. The van der Waals surface area contributed by atoms with Crippen molar-refractivity contribution in [3.63, 3.8) is 0 Å². The standard InChI is InChI=1S/C33H48ClNO11/c1-4-5-12-24(45-33(35)44)18-23(36)19-27(38)31(41)30(40)21(3)25(34)13-8-6-10-20(2)11-7-9-14-29(39)46-28-17-22(32(42)43)15-16-26(28)37/h5-14,21-24,26-28,30-31,36-38,40-41H,4,15-19H2,1-3H3,(H2,35,44)(H,42,43). The zero-order chi connectivity index (χ0) is 34.8. The first-order chi connectivity index (χ1) is 21.7.